The Kier molecular flexibility index (Phi) is 4.60. The van der Waals surface area contributed by atoms with Crippen molar-refractivity contribution in [2.75, 3.05) is 24.2 Å². The number of aromatic amines is 1. The molecular formula is C22H23N3O2. The van der Waals surface area contributed by atoms with E-state index in [0.717, 1.165) is 44.5 Å². The number of nitrogens with one attached hydrogen (secondary N) is 2. The summed E-state index contributed by atoms with van der Waals surface area (Å²) >= 11 is 0. The summed E-state index contributed by atoms with van der Waals surface area (Å²) in [6.45, 7) is 2.93. The number of aliphatic hydroxyl groups excluding tert-OH is 1. The zero-order chi connectivity index (χ0) is 18.8. The molecule has 0 spiro atoms. The van der Waals surface area contributed by atoms with Crippen molar-refractivity contribution in [2.45, 2.75) is 13.0 Å². The summed E-state index contributed by atoms with van der Waals surface area (Å²) in [5.74, 6) is 0.813. The van der Waals surface area contributed by atoms with E-state index in [1.807, 2.05) is 54.6 Å². The third-order valence-corrected chi connectivity index (χ3v) is 4.69. The van der Waals surface area contributed by atoms with Crippen LogP contribution in [0.1, 0.15) is 18.6 Å². The number of H-pyrrole nitrogens is 1. The van der Waals surface area contributed by atoms with Crippen LogP contribution >= 0.6 is 0 Å². The molecule has 0 radical (unpaired) electrons. The van der Waals surface area contributed by atoms with E-state index in [0.29, 0.717) is 13.2 Å². The van der Waals surface area contributed by atoms with E-state index in [-0.39, 0.29) is 0 Å². The molecule has 1 heterocycles. The third-order valence-electron chi connectivity index (χ3n) is 4.69. The number of para-hydroxylation sites is 1. The first-order chi connectivity index (χ1) is 13.1. The number of ether oxygens (including phenoxy) is 1. The highest BCUT2D eigenvalue weighted by molar-refractivity contribution is 6.08. The second-order valence-corrected chi connectivity index (χ2v) is 6.68. The lowest BCUT2D eigenvalue weighted by Crippen LogP contribution is -2.13. The minimum atomic E-state index is -0.506. The smallest absolute Gasteiger partial charge is 0.121 e. The number of nitrogens with two attached hydrogens (primary N) is 1. The van der Waals surface area contributed by atoms with E-state index in [9.17, 15) is 5.11 Å². The number of benzene rings is 3. The Labute approximate surface area is 157 Å². The summed E-state index contributed by atoms with van der Waals surface area (Å²) in [5, 5.41) is 15.4. The molecule has 4 aromatic rings. The molecule has 3 aromatic carbocycles. The number of aromatic nitrogens is 1. The molecule has 0 saturated heterocycles. The standard InChI is InChI=1S/C22H23N3O2/c1-14(26)17-4-2-3-5-20(17)24-10-11-27-16-7-8-18-19-12-15(23)6-9-21(19)25-22(18)13-16/h2-9,12-14,24-26H,10-11,23H2,1H3. The molecule has 5 heteroatoms. The Balaban J connectivity index is 1.43. The molecule has 5 nitrogen and oxygen atoms in total. The topological polar surface area (TPSA) is 83.3 Å². The Morgan fingerprint density at radius 2 is 1.89 bits per heavy atom. The molecule has 0 fully saturated rings. The van der Waals surface area contributed by atoms with Gasteiger partial charge in [0.25, 0.3) is 0 Å². The second kappa shape index (κ2) is 7.21. The van der Waals surface area contributed by atoms with Crippen molar-refractivity contribution in [3.63, 3.8) is 0 Å². The quantitative estimate of drug-likeness (QED) is 0.302. The van der Waals surface area contributed by atoms with Gasteiger partial charge < -0.3 is 25.9 Å². The van der Waals surface area contributed by atoms with Crippen molar-refractivity contribution in [1.82, 2.24) is 4.98 Å². The first-order valence-corrected chi connectivity index (χ1v) is 9.06. The molecule has 138 valence electrons. The van der Waals surface area contributed by atoms with Crippen molar-refractivity contribution in [3.05, 3.63) is 66.2 Å². The monoisotopic (exact) mass is 361 g/mol. The van der Waals surface area contributed by atoms with Crippen molar-refractivity contribution >= 4 is 33.2 Å². The lowest BCUT2D eigenvalue weighted by atomic mass is 10.1. The fraction of sp³-hybridized carbons (Fsp3) is 0.182. The predicted octanol–water partition coefficient (Wildman–Crippen LogP) is 4.45. The van der Waals surface area contributed by atoms with Crippen LogP contribution in [-0.2, 0) is 0 Å². The van der Waals surface area contributed by atoms with Gasteiger partial charge in [-0.15, -0.1) is 0 Å². The maximum atomic E-state index is 9.83. The molecule has 4 rings (SSSR count). The predicted molar refractivity (Wildman–Crippen MR) is 111 cm³/mol. The van der Waals surface area contributed by atoms with E-state index < -0.39 is 6.10 Å². The molecular weight excluding hydrogens is 338 g/mol. The van der Waals surface area contributed by atoms with Crippen molar-refractivity contribution in [2.24, 2.45) is 0 Å². The van der Waals surface area contributed by atoms with Gasteiger partial charge in [0.15, 0.2) is 0 Å². The van der Waals surface area contributed by atoms with Crippen molar-refractivity contribution in [3.8, 4) is 5.75 Å². The van der Waals surface area contributed by atoms with Crippen molar-refractivity contribution in [1.29, 1.82) is 0 Å². The molecule has 27 heavy (non-hydrogen) atoms. The summed E-state index contributed by atoms with van der Waals surface area (Å²) in [4.78, 5) is 3.40. The summed E-state index contributed by atoms with van der Waals surface area (Å²) in [6.07, 6.45) is -0.506. The summed E-state index contributed by atoms with van der Waals surface area (Å²) in [5.41, 5.74) is 10.6. The van der Waals surface area contributed by atoms with Gasteiger partial charge in [0, 0.05) is 45.8 Å². The van der Waals surface area contributed by atoms with Crippen molar-refractivity contribution < 1.29 is 9.84 Å². The normalized spacial score (nSPS) is 12.4. The van der Waals surface area contributed by atoms with Gasteiger partial charge in [-0.05, 0) is 43.3 Å². The summed E-state index contributed by atoms with van der Waals surface area (Å²) in [7, 11) is 0. The maximum absolute atomic E-state index is 9.83. The van der Waals surface area contributed by atoms with Crippen LogP contribution in [-0.4, -0.2) is 23.2 Å². The van der Waals surface area contributed by atoms with E-state index in [1.165, 1.54) is 0 Å². The second-order valence-electron chi connectivity index (χ2n) is 6.68. The maximum Gasteiger partial charge on any atom is 0.121 e. The van der Waals surface area contributed by atoms with Gasteiger partial charge in [0.2, 0.25) is 0 Å². The van der Waals surface area contributed by atoms with Gasteiger partial charge in [-0.2, -0.15) is 0 Å². The Morgan fingerprint density at radius 3 is 2.74 bits per heavy atom. The molecule has 0 bridgehead atoms. The highest BCUT2D eigenvalue weighted by Crippen LogP contribution is 2.29. The summed E-state index contributed by atoms with van der Waals surface area (Å²) in [6, 6.07) is 19.7. The average molecular weight is 361 g/mol. The van der Waals surface area contributed by atoms with Gasteiger partial charge >= 0.3 is 0 Å². The average Bonchev–Trinajstić information content (AvgIpc) is 3.02. The first-order valence-electron chi connectivity index (χ1n) is 9.06. The van der Waals surface area contributed by atoms with Gasteiger partial charge in [-0.1, -0.05) is 18.2 Å². The van der Waals surface area contributed by atoms with Crippen LogP contribution in [0.15, 0.2) is 60.7 Å². The zero-order valence-corrected chi connectivity index (χ0v) is 15.2. The largest absolute Gasteiger partial charge is 0.492 e. The van der Waals surface area contributed by atoms with Crippen LogP contribution in [0.2, 0.25) is 0 Å². The highest BCUT2D eigenvalue weighted by atomic mass is 16.5. The number of aliphatic hydroxyl groups is 1. The fourth-order valence-electron chi connectivity index (χ4n) is 3.37. The van der Waals surface area contributed by atoms with Crippen LogP contribution in [0.4, 0.5) is 11.4 Å². The molecule has 1 atom stereocenters. The Bertz CT molecular complexity index is 1090. The zero-order valence-electron chi connectivity index (χ0n) is 15.2. The molecule has 0 amide bonds. The Morgan fingerprint density at radius 1 is 1.04 bits per heavy atom. The van der Waals surface area contributed by atoms with Crippen LogP contribution < -0.4 is 15.8 Å². The molecule has 1 unspecified atom stereocenters. The minimum absolute atomic E-state index is 0.506. The number of hydrogen-bond acceptors (Lipinski definition) is 4. The van der Waals surface area contributed by atoms with E-state index in [4.69, 9.17) is 10.5 Å². The first kappa shape index (κ1) is 17.2. The van der Waals surface area contributed by atoms with E-state index >= 15 is 0 Å². The van der Waals surface area contributed by atoms with Crippen LogP contribution in [0.5, 0.6) is 5.75 Å². The summed E-state index contributed by atoms with van der Waals surface area (Å²) < 4.78 is 5.89. The number of hydrogen-bond donors (Lipinski definition) is 4. The molecule has 1 aromatic heterocycles. The van der Waals surface area contributed by atoms with E-state index in [2.05, 4.69) is 16.4 Å². The molecule has 0 aliphatic carbocycles. The van der Waals surface area contributed by atoms with Gasteiger partial charge in [-0.25, -0.2) is 0 Å². The SMILES string of the molecule is CC(O)c1ccccc1NCCOc1ccc2c(c1)[nH]c1ccc(N)cc12. The molecule has 0 saturated carbocycles. The van der Waals surface area contributed by atoms with Crippen LogP contribution in [0.3, 0.4) is 0 Å². The number of anilines is 2. The fourth-order valence-corrected chi connectivity index (χ4v) is 3.37. The van der Waals surface area contributed by atoms with Gasteiger partial charge in [-0.3, -0.25) is 0 Å². The minimum Gasteiger partial charge on any atom is -0.492 e. The van der Waals surface area contributed by atoms with Crippen LogP contribution in [0.25, 0.3) is 21.8 Å². The van der Waals surface area contributed by atoms with E-state index in [1.54, 1.807) is 6.92 Å². The highest BCUT2D eigenvalue weighted by Gasteiger charge is 2.08. The lowest BCUT2D eigenvalue weighted by molar-refractivity contribution is 0.200. The van der Waals surface area contributed by atoms with Gasteiger partial charge in [0.05, 0.1) is 11.6 Å². The Hall–Kier alpha value is -3.18. The third kappa shape index (κ3) is 3.55. The van der Waals surface area contributed by atoms with Gasteiger partial charge in [0.1, 0.15) is 12.4 Å². The number of nitrogen functional groups attached to an aromatic ring is 1. The number of rotatable bonds is 6. The molecule has 0 aliphatic heterocycles. The molecule has 5 N–H and O–H groups in total. The van der Waals surface area contributed by atoms with Crippen LogP contribution in [0, 0.1) is 0 Å². The molecule has 0 aliphatic rings. The lowest BCUT2D eigenvalue weighted by Gasteiger charge is -2.14. The number of fused-ring (bicyclic) bond motifs is 3.